The lowest BCUT2D eigenvalue weighted by Gasteiger charge is -2.03. The summed E-state index contributed by atoms with van der Waals surface area (Å²) in [6.45, 7) is 0. The van der Waals surface area contributed by atoms with Crippen molar-refractivity contribution in [3.63, 3.8) is 0 Å². The topological polar surface area (TPSA) is 79.0 Å². The molecule has 0 aliphatic carbocycles. The van der Waals surface area contributed by atoms with E-state index in [1.54, 1.807) is 12.1 Å². The van der Waals surface area contributed by atoms with Crippen LogP contribution >= 0.6 is 0 Å². The maximum atomic E-state index is 9.21. The average molecular weight is 213 g/mol. The third-order valence-corrected chi connectivity index (χ3v) is 1.78. The summed E-state index contributed by atoms with van der Waals surface area (Å²) in [6.07, 6.45) is 2.67. The molecule has 0 saturated heterocycles. The number of aromatic hydroxyl groups is 1. The first-order valence-electron chi connectivity index (χ1n) is 4.47. The molecule has 5 heteroatoms. The van der Waals surface area contributed by atoms with Gasteiger partial charge in [0.15, 0.2) is 5.69 Å². The van der Waals surface area contributed by atoms with Gasteiger partial charge in [0.2, 0.25) is 5.88 Å². The molecule has 0 bridgehead atoms. The minimum absolute atomic E-state index is 0.110. The van der Waals surface area contributed by atoms with E-state index in [-0.39, 0.29) is 17.3 Å². The molecule has 0 radical (unpaired) electrons. The molecule has 0 amide bonds. The summed E-state index contributed by atoms with van der Waals surface area (Å²) in [6, 6.07) is 8.19. The highest BCUT2D eigenvalue weighted by molar-refractivity contribution is 5.34. The summed E-state index contributed by atoms with van der Waals surface area (Å²) in [5.41, 5.74) is 0.225. The SMILES string of the molecule is N#Cc1cnc(Oc2cccc(O)c2)cn1. The first-order valence-corrected chi connectivity index (χ1v) is 4.47. The lowest BCUT2D eigenvalue weighted by molar-refractivity contribution is 0.444. The number of hydrogen-bond acceptors (Lipinski definition) is 5. The zero-order valence-electron chi connectivity index (χ0n) is 8.16. The van der Waals surface area contributed by atoms with Gasteiger partial charge in [-0.3, -0.25) is 0 Å². The van der Waals surface area contributed by atoms with E-state index in [0.29, 0.717) is 5.75 Å². The number of nitriles is 1. The van der Waals surface area contributed by atoms with Crippen molar-refractivity contribution in [1.82, 2.24) is 9.97 Å². The van der Waals surface area contributed by atoms with Crippen LogP contribution < -0.4 is 4.74 Å². The summed E-state index contributed by atoms with van der Waals surface area (Å²) in [4.78, 5) is 7.69. The molecule has 1 aromatic carbocycles. The van der Waals surface area contributed by atoms with E-state index in [1.165, 1.54) is 24.5 Å². The van der Waals surface area contributed by atoms with Gasteiger partial charge in [-0.25, -0.2) is 9.97 Å². The molecule has 78 valence electrons. The highest BCUT2D eigenvalue weighted by Crippen LogP contribution is 2.22. The van der Waals surface area contributed by atoms with Crippen molar-refractivity contribution in [2.75, 3.05) is 0 Å². The van der Waals surface area contributed by atoms with Crippen molar-refractivity contribution < 1.29 is 9.84 Å². The number of phenolic OH excluding ortho intramolecular Hbond substituents is 1. The predicted octanol–water partition coefficient (Wildman–Crippen LogP) is 1.85. The fourth-order valence-corrected chi connectivity index (χ4v) is 1.09. The summed E-state index contributed by atoms with van der Waals surface area (Å²) in [7, 11) is 0. The van der Waals surface area contributed by atoms with Crippen molar-refractivity contribution >= 4 is 0 Å². The number of hydrogen-bond donors (Lipinski definition) is 1. The molecule has 0 saturated carbocycles. The maximum Gasteiger partial charge on any atom is 0.237 e. The minimum atomic E-state index is 0.110. The van der Waals surface area contributed by atoms with Crippen LogP contribution in [0.5, 0.6) is 17.4 Å². The van der Waals surface area contributed by atoms with Gasteiger partial charge in [-0.15, -0.1) is 0 Å². The number of ether oxygens (including phenoxy) is 1. The summed E-state index contributed by atoms with van der Waals surface area (Å²) < 4.78 is 5.32. The normalized spacial score (nSPS) is 9.44. The Bertz CT molecular complexity index is 532. The van der Waals surface area contributed by atoms with Gasteiger partial charge in [0.05, 0.1) is 12.4 Å². The van der Waals surface area contributed by atoms with E-state index in [0.717, 1.165) is 0 Å². The van der Waals surface area contributed by atoms with E-state index in [9.17, 15) is 5.11 Å². The van der Waals surface area contributed by atoms with Crippen LogP contribution in [-0.4, -0.2) is 15.1 Å². The Hall–Kier alpha value is -2.61. The third kappa shape index (κ3) is 2.25. The molecule has 2 rings (SSSR count). The number of phenols is 1. The lowest BCUT2D eigenvalue weighted by atomic mass is 10.3. The van der Waals surface area contributed by atoms with E-state index in [4.69, 9.17) is 10.00 Å². The molecule has 1 heterocycles. The monoisotopic (exact) mass is 213 g/mol. The Balaban J connectivity index is 2.18. The van der Waals surface area contributed by atoms with Crippen molar-refractivity contribution in [3.8, 4) is 23.4 Å². The van der Waals surface area contributed by atoms with Gasteiger partial charge in [0.1, 0.15) is 17.6 Å². The highest BCUT2D eigenvalue weighted by atomic mass is 16.5. The molecule has 5 nitrogen and oxygen atoms in total. The number of aromatic nitrogens is 2. The molecule has 0 aliphatic heterocycles. The van der Waals surface area contributed by atoms with E-state index in [1.807, 2.05) is 6.07 Å². The fraction of sp³-hybridized carbons (Fsp3) is 0. The second kappa shape index (κ2) is 4.28. The first kappa shape index (κ1) is 9.93. The largest absolute Gasteiger partial charge is 0.508 e. The second-order valence-electron chi connectivity index (χ2n) is 2.95. The lowest BCUT2D eigenvalue weighted by Crippen LogP contribution is -1.90. The maximum absolute atomic E-state index is 9.21. The highest BCUT2D eigenvalue weighted by Gasteiger charge is 2.00. The van der Waals surface area contributed by atoms with Crippen molar-refractivity contribution in [3.05, 3.63) is 42.4 Å². The molecule has 0 spiro atoms. The molecule has 0 unspecified atom stereocenters. The van der Waals surface area contributed by atoms with Gasteiger partial charge >= 0.3 is 0 Å². The van der Waals surface area contributed by atoms with Crippen LogP contribution in [-0.2, 0) is 0 Å². The van der Waals surface area contributed by atoms with Crippen LogP contribution in [0, 0.1) is 11.3 Å². The molecule has 2 aromatic rings. The van der Waals surface area contributed by atoms with Gasteiger partial charge in [0, 0.05) is 6.07 Å². The standard InChI is InChI=1S/C11H7N3O2/c12-5-8-6-14-11(7-13-8)16-10-3-1-2-9(15)4-10/h1-4,6-7,15H. The Morgan fingerprint density at radius 3 is 2.75 bits per heavy atom. The van der Waals surface area contributed by atoms with E-state index < -0.39 is 0 Å². The van der Waals surface area contributed by atoms with Crippen LogP contribution in [0.2, 0.25) is 0 Å². The quantitative estimate of drug-likeness (QED) is 0.823. The molecule has 1 N–H and O–H groups in total. The Labute approximate surface area is 91.6 Å². The van der Waals surface area contributed by atoms with Gasteiger partial charge in [-0.05, 0) is 12.1 Å². The van der Waals surface area contributed by atoms with Gasteiger partial charge in [-0.1, -0.05) is 6.07 Å². The number of rotatable bonds is 2. The Kier molecular flexibility index (Phi) is 2.65. The van der Waals surface area contributed by atoms with Crippen molar-refractivity contribution in [2.24, 2.45) is 0 Å². The van der Waals surface area contributed by atoms with Crippen LogP contribution in [0.1, 0.15) is 5.69 Å². The fourth-order valence-electron chi connectivity index (χ4n) is 1.09. The van der Waals surface area contributed by atoms with Gasteiger partial charge < -0.3 is 9.84 Å². The average Bonchev–Trinajstić information content (AvgIpc) is 2.30. The Morgan fingerprint density at radius 1 is 1.25 bits per heavy atom. The molecular weight excluding hydrogens is 206 g/mol. The molecule has 16 heavy (non-hydrogen) atoms. The summed E-state index contributed by atoms with van der Waals surface area (Å²) >= 11 is 0. The minimum Gasteiger partial charge on any atom is -0.508 e. The second-order valence-corrected chi connectivity index (χ2v) is 2.95. The molecule has 0 atom stereocenters. The Morgan fingerprint density at radius 2 is 2.12 bits per heavy atom. The molecule has 0 aliphatic rings. The first-order chi connectivity index (χ1) is 7.78. The van der Waals surface area contributed by atoms with E-state index >= 15 is 0 Å². The van der Waals surface area contributed by atoms with Crippen molar-refractivity contribution in [1.29, 1.82) is 5.26 Å². The van der Waals surface area contributed by atoms with Crippen molar-refractivity contribution in [2.45, 2.75) is 0 Å². The summed E-state index contributed by atoms with van der Waals surface area (Å²) in [5, 5.41) is 17.7. The van der Waals surface area contributed by atoms with Gasteiger partial charge in [-0.2, -0.15) is 5.26 Å². The predicted molar refractivity (Wildman–Crippen MR) is 54.9 cm³/mol. The third-order valence-electron chi connectivity index (χ3n) is 1.78. The molecule has 0 fully saturated rings. The number of nitrogens with zero attached hydrogens (tertiary/aromatic N) is 3. The van der Waals surface area contributed by atoms with Crippen LogP contribution in [0.4, 0.5) is 0 Å². The zero-order valence-corrected chi connectivity index (χ0v) is 8.16. The zero-order chi connectivity index (χ0) is 11.4. The summed E-state index contributed by atoms with van der Waals surface area (Å²) in [5.74, 6) is 0.836. The number of benzene rings is 1. The van der Waals surface area contributed by atoms with E-state index in [2.05, 4.69) is 9.97 Å². The van der Waals surface area contributed by atoms with Gasteiger partial charge in [0.25, 0.3) is 0 Å². The molecule has 1 aromatic heterocycles. The smallest absolute Gasteiger partial charge is 0.237 e. The van der Waals surface area contributed by atoms with Crippen LogP contribution in [0.15, 0.2) is 36.7 Å². The molecular formula is C11H7N3O2. The van der Waals surface area contributed by atoms with Crippen LogP contribution in [0.3, 0.4) is 0 Å². The van der Waals surface area contributed by atoms with Crippen LogP contribution in [0.25, 0.3) is 0 Å².